The fourth-order valence-electron chi connectivity index (χ4n) is 0.974. The Bertz CT molecular complexity index is 467. The monoisotopic (exact) mass is 337 g/mol. The third-order valence-electron chi connectivity index (χ3n) is 1.65. The third kappa shape index (κ3) is 5.21. The summed E-state index contributed by atoms with van der Waals surface area (Å²) in [6.07, 6.45) is -1.12. The van der Waals surface area contributed by atoms with Crippen LogP contribution in [0.4, 0.5) is 14.9 Å². The van der Waals surface area contributed by atoms with Crippen molar-refractivity contribution in [3.63, 3.8) is 0 Å². The van der Waals surface area contributed by atoms with Gasteiger partial charge in [-0.25, -0.2) is 9.18 Å². The Kier molecular flexibility index (Phi) is 7.66. The molecule has 19 heavy (non-hydrogen) atoms. The highest BCUT2D eigenvalue weighted by atomic mass is 79.9. The zero-order valence-electron chi connectivity index (χ0n) is 10.6. The second-order valence-corrected chi connectivity index (χ2v) is 3.63. The summed E-state index contributed by atoms with van der Waals surface area (Å²) in [5, 5.41) is 10.6. The van der Waals surface area contributed by atoms with E-state index in [1.165, 1.54) is 0 Å². The first kappa shape index (κ1) is 17.3. The Morgan fingerprint density at radius 3 is 2.53 bits per heavy atom. The van der Waals surface area contributed by atoms with Crippen LogP contribution in [0.15, 0.2) is 16.6 Å². The third-order valence-corrected chi connectivity index (χ3v) is 2.29. The molecule has 0 unspecified atom stereocenters. The molecule has 0 bridgehead atoms. The molecule has 0 heterocycles. The molecule has 0 aliphatic heterocycles. The van der Waals surface area contributed by atoms with Gasteiger partial charge in [-0.2, -0.15) is 0 Å². The van der Waals surface area contributed by atoms with Crippen molar-refractivity contribution in [3.8, 4) is 5.75 Å². The van der Waals surface area contributed by atoms with Gasteiger partial charge in [-0.05, 0) is 28.9 Å². The van der Waals surface area contributed by atoms with E-state index in [2.05, 4.69) is 25.4 Å². The molecule has 1 rings (SSSR count). The summed E-state index contributed by atoms with van der Waals surface area (Å²) >= 11 is 2.83. The van der Waals surface area contributed by atoms with Gasteiger partial charge in [0.25, 0.3) is 5.69 Å². The molecule has 0 amide bonds. The number of ether oxygens (including phenoxy) is 2. The quantitative estimate of drug-likeness (QED) is 0.359. The van der Waals surface area contributed by atoms with Crippen LogP contribution in [0.25, 0.3) is 0 Å². The second kappa shape index (κ2) is 8.41. The smallest absolute Gasteiger partial charge is 0.434 e. The van der Waals surface area contributed by atoms with Crippen LogP contribution in [0.1, 0.15) is 20.8 Å². The number of benzene rings is 1. The van der Waals surface area contributed by atoms with E-state index >= 15 is 0 Å². The zero-order valence-corrected chi connectivity index (χ0v) is 12.2. The van der Waals surface area contributed by atoms with Crippen molar-refractivity contribution in [3.05, 3.63) is 32.5 Å². The lowest BCUT2D eigenvalue weighted by Crippen LogP contribution is -2.11. The van der Waals surface area contributed by atoms with E-state index < -0.39 is 28.3 Å². The van der Waals surface area contributed by atoms with E-state index in [9.17, 15) is 19.3 Å². The molecule has 8 heteroatoms. The molecule has 6 nitrogen and oxygen atoms in total. The molecular formula is C11H13BrFNO5. The number of hydrogen-bond donors (Lipinski definition) is 0. The van der Waals surface area contributed by atoms with E-state index in [1.54, 1.807) is 6.92 Å². The number of nitro benzene ring substituents is 1. The number of nitrogens with zero attached hydrogens (tertiary/aromatic N) is 1. The summed E-state index contributed by atoms with van der Waals surface area (Å²) in [6.45, 7) is 5.60. The highest BCUT2D eigenvalue weighted by Crippen LogP contribution is 2.31. The molecule has 0 atom stereocenters. The summed E-state index contributed by atoms with van der Waals surface area (Å²) in [7, 11) is 0. The Morgan fingerprint density at radius 2 is 2.05 bits per heavy atom. The van der Waals surface area contributed by atoms with Crippen LogP contribution in [-0.4, -0.2) is 17.7 Å². The zero-order chi connectivity index (χ0) is 15.0. The van der Waals surface area contributed by atoms with Crippen LogP contribution in [0.3, 0.4) is 0 Å². The fourth-order valence-corrected chi connectivity index (χ4v) is 1.43. The standard InChI is InChI=1S/C9H7BrFNO5.C2H6/c1-2-16-9(13)17-8-4-7(12(14)15)5(10)3-6(8)11;1-2/h3-4H,2H2,1H3;1-2H3. The van der Waals surface area contributed by atoms with Gasteiger partial charge in [-0.15, -0.1) is 0 Å². The molecule has 0 N–H and O–H groups in total. The molecule has 0 spiro atoms. The summed E-state index contributed by atoms with van der Waals surface area (Å²) in [4.78, 5) is 20.8. The number of carbonyl (C=O) groups is 1. The van der Waals surface area contributed by atoms with Crippen molar-refractivity contribution in [2.45, 2.75) is 20.8 Å². The topological polar surface area (TPSA) is 78.7 Å². The average Bonchev–Trinajstić information content (AvgIpc) is 2.35. The molecule has 0 fully saturated rings. The maximum absolute atomic E-state index is 13.3. The molecule has 0 aliphatic carbocycles. The number of hydrogen-bond acceptors (Lipinski definition) is 5. The van der Waals surface area contributed by atoms with Gasteiger partial charge in [0.2, 0.25) is 0 Å². The number of rotatable bonds is 3. The van der Waals surface area contributed by atoms with Crippen molar-refractivity contribution in [2.24, 2.45) is 0 Å². The number of halogens is 2. The summed E-state index contributed by atoms with van der Waals surface area (Å²) in [6, 6.07) is 1.64. The predicted octanol–water partition coefficient (Wildman–Crippen LogP) is 4.06. The van der Waals surface area contributed by atoms with Gasteiger partial charge >= 0.3 is 6.16 Å². The van der Waals surface area contributed by atoms with Gasteiger partial charge in [0.15, 0.2) is 11.6 Å². The van der Waals surface area contributed by atoms with Gasteiger partial charge < -0.3 is 9.47 Å². The molecule has 1 aromatic rings. The highest BCUT2D eigenvalue weighted by Gasteiger charge is 2.19. The molecule has 1 aromatic carbocycles. The summed E-state index contributed by atoms with van der Waals surface area (Å²) in [5.74, 6) is -1.46. The van der Waals surface area contributed by atoms with Crippen molar-refractivity contribution < 1.29 is 23.6 Å². The Hall–Kier alpha value is -1.70. The van der Waals surface area contributed by atoms with Crippen LogP contribution in [-0.2, 0) is 4.74 Å². The SMILES string of the molecule is CC.CCOC(=O)Oc1cc([N+](=O)[O-])c(Br)cc1F. The molecule has 0 radical (unpaired) electrons. The molecular weight excluding hydrogens is 325 g/mol. The average molecular weight is 338 g/mol. The Balaban J connectivity index is 0.00000154. The minimum absolute atomic E-state index is 0.0452. The fraction of sp³-hybridized carbons (Fsp3) is 0.364. The van der Waals surface area contributed by atoms with E-state index in [1.807, 2.05) is 13.8 Å². The molecule has 0 aliphatic rings. The molecule has 0 saturated heterocycles. The summed E-state index contributed by atoms with van der Waals surface area (Å²) in [5.41, 5.74) is -0.411. The lowest BCUT2D eigenvalue weighted by molar-refractivity contribution is -0.385. The van der Waals surface area contributed by atoms with Crippen molar-refractivity contribution in [1.82, 2.24) is 0 Å². The first-order valence-electron chi connectivity index (χ1n) is 5.43. The lowest BCUT2D eigenvalue weighted by atomic mass is 10.3. The van der Waals surface area contributed by atoms with Crippen molar-refractivity contribution >= 4 is 27.8 Å². The highest BCUT2D eigenvalue weighted by molar-refractivity contribution is 9.10. The van der Waals surface area contributed by atoms with Gasteiger partial charge in [-0.1, -0.05) is 13.8 Å². The van der Waals surface area contributed by atoms with E-state index in [-0.39, 0.29) is 11.1 Å². The van der Waals surface area contributed by atoms with Gasteiger partial charge in [0.05, 0.1) is 22.1 Å². The van der Waals surface area contributed by atoms with E-state index in [4.69, 9.17) is 0 Å². The van der Waals surface area contributed by atoms with Gasteiger partial charge in [0.1, 0.15) is 0 Å². The maximum atomic E-state index is 13.3. The Morgan fingerprint density at radius 1 is 1.47 bits per heavy atom. The van der Waals surface area contributed by atoms with Crippen LogP contribution in [0.5, 0.6) is 5.75 Å². The van der Waals surface area contributed by atoms with Crippen LogP contribution < -0.4 is 4.74 Å². The number of carbonyl (C=O) groups excluding carboxylic acids is 1. The normalized spacial score (nSPS) is 9.11. The first-order chi connectivity index (χ1) is 8.95. The van der Waals surface area contributed by atoms with Crippen LogP contribution in [0, 0.1) is 15.9 Å². The minimum atomic E-state index is -1.12. The predicted molar refractivity (Wildman–Crippen MR) is 69.8 cm³/mol. The van der Waals surface area contributed by atoms with E-state index in [0.29, 0.717) is 0 Å². The molecule has 0 aromatic heterocycles. The van der Waals surface area contributed by atoms with Crippen molar-refractivity contribution in [2.75, 3.05) is 6.61 Å². The Labute approximate surface area is 117 Å². The number of nitro groups is 1. The minimum Gasteiger partial charge on any atom is -0.434 e. The van der Waals surface area contributed by atoms with Crippen molar-refractivity contribution in [1.29, 1.82) is 0 Å². The summed E-state index contributed by atoms with van der Waals surface area (Å²) < 4.78 is 22.2. The van der Waals surface area contributed by atoms with Gasteiger partial charge in [0, 0.05) is 0 Å². The van der Waals surface area contributed by atoms with E-state index in [0.717, 1.165) is 12.1 Å². The maximum Gasteiger partial charge on any atom is 0.513 e. The van der Waals surface area contributed by atoms with Crippen LogP contribution >= 0.6 is 15.9 Å². The lowest BCUT2D eigenvalue weighted by Gasteiger charge is -2.05. The van der Waals surface area contributed by atoms with Gasteiger partial charge in [-0.3, -0.25) is 10.1 Å². The van der Waals surface area contributed by atoms with Crippen LogP contribution in [0.2, 0.25) is 0 Å². The molecule has 0 saturated carbocycles. The molecule has 106 valence electrons. The second-order valence-electron chi connectivity index (χ2n) is 2.78. The largest absolute Gasteiger partial charge is 0.513 e. The first-order valence-corrected chi connectivity index (χ1v) is 6.23.